The van der Waals surface area contributed by atoms with Crippen molar-refractivity contribution in [1.29, 1.82) is 0 Å². The summed E-state index contributed by atoms with van der Waals surface area (Å²) in [6.07, 6.45) is 9.58. The van der Waals surface area contributed by atoms with Crippen LogP contribution < -0.4 is 5.32 Å². The lowest BCUT2D eigenvalue weighted by Gasteiger charge is -2.33. The van der Waals surface area contributed by atoms with Crippen LogP contribution >= 0.6 is 0 Å². The van der Waals surface area contributed by atoms with Gasteiger partial charge in [-0.1, -0.05) is 33.6 Å². The molecule has 0 aliphatic heterocycles. The van der Waals surface area contributed by atoms with Crippen molar-refractivity contribution in [1.82, 2.24) is 10.2 Å². The van der Waals surface area contributed by atoms with E-state index in [-0.39, 0.29) is 0 Å². The molecular weight excluding hydrogens is 220 g/mol. The van der Waals surface area contributed by atoms with Crippen molar-refractivity contribution >= 4 is 0 Å². The van der Waals surface area contributed by atoms with E-state index in [1.807, 2.05) is 0 Å². The number of rotatable bonds is 9. The molecule has 0 aromatic carbocycles. The minimum Gasteiger partial charge on any atom is -0.312 e. The third-order valence-corrected chi connectivity index (χ3v) is 4.68. The Morgan fingerprint density at radius 2 is 1.72 bits per heavy atom. The fourth-order valence-electron chi connectivity index (χ4n) is 3.44. The van der Waals surface area contributed by atoms with Crippen LogP contribution in [0.25, 0.3) is 0 Å². The van der Waals surface area contributed by atoms with E-state index in [2.05, 4.69) is 38.0 Å². The van der Waals surface area contributed by atoms with Crippen molar-refractivity contribution in [3.05, 3.63) is 0 Å². The molecule has 0 aromatic heterocycles. The smallest absolute Gasteiger partial charge is 0.0223 e. The van der Waals surface area contributed by atoms with Crippen molar-refractivity contribution in [2.45, 2.75) is 77.8 Å². The summed E-state index contributed by atoms with van der Waals surface area (Å²) < 4.78 is 0. The third kappa shape index (κ3) is 4.89. The molecule has 1 atom stereocenters. The minimum absolute atomic E-state index is 0.720. The molecule has 1 aliphatic carbocycles. The van der Waals surface area contributed by atoms with Gasteiger partial charge in [0.25, 0.3) is 0 Å². The second-order valence-electron chi connectivity index (χ2n) is 6.02. The first-order chi connectivity index (χ1) is 8.72. The lowest BCUT2D eigenvalue weighted by Crippen LogP contribution is -2.47. The van der Waals surface area contributed by atoms with Crippen molar-refractivity contribution < 1.29 is 0 Å². The molecule has 1 fully saturated rings. The fourth-order valence-corrected chi connectivity index (χ4v) is 3.44. The van der Waals surface area contributed by atoms with Gasteiger partial charge >= 0.3 is 0 Å². The molecule has 0 heterocycles. The molecule has 2 heteroatoms. The standard InChI is InChI=1S/C16H34N2/c1-5-12-17-16(14-10-8-9-11-14)13-18(4)15(6-2)7-3/h14-17H,5-13H2,1-4H3. The topological polar surface area (TPSA) is 15.3 Å². The highest BCUT2D eigenvalue weighted by molar-refractivity contribution is 4.84. The Morgan fingerprint density at radius 3 is 2.22 bits per heavy atom. The molecule has 0 aromatic rings. The van der Waals surface area contributed by atoms with Gasteiger partial charge in [-0.25, -0.2) is 0 Å². The van der Waals surface area contributed by atoms with Gasteiger partial charge < -0.3 is 10.2 Å². The Hall–Kier alpha value is -0.0800. The van der Waals surface area contributed by atoms with Gasteiger partial charge in [0.1, 0.15) is 0 Å². The normalized spacial score (nSPS) is 19.0. The van der Waals surface area contributed by atoms with E-state index in [1.165, 1.54) is 58.0 Å². The van der Waals surface area contributed by atoms with Crippen LogP contribution in [-0.2, 0) is 0 Å². The van der Waals surface area contributed by atoms with Gasteiger partial charge in [0, 0.05) is 18.6 Å². The van der Waals surface area contributed by atoms with Gasteiger partial charge in [0.05, 0.1) is 0 Å². The molecule has 108 valence electrons. The number of nitrogens with zero attached hydrogens (tertiary/aromatic N) is 1. The number of hydrogen-bond donors (Lipinski definition) is 1. The van der Waals surface area contributed by atoms with Gasteiger partial charge in [-0.05, 0) is 51.6 Å². The zero-order valence-corrected chi connectivity index (χ0v) is 13.0. The van der Waals surface area contributed by atoms with Crippen LogP contribution in [0.2, 0.25) is 0 Å². The lowest BCUT2D eigenvalue weighted by atomic mass is 9.96. The fraction of sp³-hybridized carbons (Fsp3) is 1.00. The number of nitrogens with one attached hydrogen (secondary N) is 1. The van der Waals surface area contributed by atoms with E-state index in [1.54, 1.807) is 0 Å². The molecule has 0 spiro atoms. The summed E-state index contributed by atoms with van der Waals surface area (Å²) >= 11 is 0. The SMILES string of the molecule is CCCNC(CN(C)C(CC)CC)C1CCCC1. The average Bonchev–Trinajstić information content (AvgIpc) is 2.89. The predicted octanol–water partition coefficient (Wildman–Crippen LogP) is 3.67. The maximum Gasteiger partial charge on any atom is 0.0223 e. The monoisotopic (exact) mass is 254 g/mol. The molecule has 1 aliphatic rings. The van der Waals surface area contributed by atoms with E-state index in [0.717, 1.165) is 18.0 Å². The highest BCUT2D eigenvalue weighted by Gasteiger charge is 2.26. The van der Waals surface area contributed by atoms with E-state index in [4.69, 9.17) is 0 Å². The molecule has 0 radical (unpaired) electrons. The van der Waals surface area contributed by atoms with E-state index < -0.39 is 0 Å². The number of likely N-dealkylation sites (N-methyl/N-ethyl adjacent to an activating group) is 1. The first kappa shape index (κ1) is 16.0. The Balaban J connectivity index is 2.48. The first-order valence-corrected chi connectivity index (χ1v) is 8.16. The molecule has 18 heavy (non-hydrogen) atoms. The summed E-state index contributed by atoms with van der Waals surface area (Å²) in [5, 5.41) is 3.80. The van der Waals surface area contributed by atoms with Crippen LogP contribution in [0.3, 0.4) is 0 Å². The molecule has 0 saturated heterocycles. The summed E-state index contributed by atoms with van der Waals surface area (Å²) in [7, 11) is 2.31. The minimum atomic E-state index is 0.720. The summed E-state index contributed by atoms with van der Waals surface area (Å²) in [5.41, 5.74) is 0. The first-order valence-electron chi connectivity index (χ1n) is 8.16. The summed E-state index contributed by atoms with van der Waals surface area (Å²) in [6, 6.07) is 1.48. The second-order valence-corrected chi connectivity index (χ2v) is 6.02. The average molecular weight is 254 g/mol. The Kier molecular flexibility index (Phi) is 7.92. The van der Waals surface area contributed by atoms with E-state index >= 15 is 0 Å². The zero-order chi connectivity index (χ0) is 13.4. The highest BCUT2D eigenvalue weighted by Crippen LogP contribution is 2.28. The van der Waals surface area contributed by atoms with Crippen LogP contribution in [0.5, 0.6) is 0 Å². The van der Waals surface area contributed by atoms with Crippen LogP contribution in [0.1, 0.15) is 65.7 Å². The van der Waals surface area contributed by atoms with Crippen LogP contribution in [0, 0.1) is 5.92 Å². The molecule has 1 rings (SSSR count). The number of hydrogen-bond acceptors (Lipinski definition) is 2. The molecule has 2 nitrogen and oxygen atoms in total. The summed E-state index contributed by atoms with van der Waals surface area (Å²) in [4.78, 5) is 2.59. The summed E-state index contributed by atoms with van der Waals surface area (Å²) in [6.45, 7) is 9.31. The molecular formula is C16H34N2. The van der Waals surface area contributed by atoms with Crippen molar-refractivity contribution in [2.75, 3.05) is 20.1 Å². The Morgan fingerprint density at radius 1 is 1.11 bits per heavy atom. The lowest BCUT2D eigenvalue weighted by molar-refractivity contribution is 0.181. The van der Waals surface area contributed by atoms with Gasteiger partial charge in [-0.15, -0.1) is 0 Å². The van der Waals surface area contributed by atoms with Crippen molar-refractivity contribution in [3.8, 4) is 0 Å². The van der Waals surface area contributed by atoms with Gasteiger partial charge in [0.2, 0.25) is 0 Å². The molecule has 0 amide bonds. The Labute approximate surface area is 115 Å². The van der Waals surface area contributed by atoms with Crippen molar-refractivity contribution in [2.24, 2.45) is 5.92 Å². The molecule has 1 saturated carbocycles. The van der Waals surface area contributed by atoms with Gasteiger partial charge in [-0.2, -0.15) is 0 Å². The Bertz CT molecular complexity index is 195. The quantitative estimate of drug-likeness (QED) is 0.675. The molecule has 1 N–H and O–H groups in total. The molecule has 1 unspecified atom stereocenters. The van der Waals surface area contributed by atoms with Crippen LogP contribution in [-0.4, -0.2) is 37.1 Å². The van der Waals surface area contributed by atoms with E-state index in [0.29, 0.717) is 0 Å². The second kappa shape index (κ2) is 8.92. The zero-order valence-electron chi connectivity index (χ0n) is 13.0. The largest absolute Gasteiger partial charge is 0.312 e. The predicted molar refractivity (Wildman–Crippen MR) is 81.0 cm³/mol. The van der Waals surface area contributed by atoms with Crippen molar-refractivity contribution in [3.63, 3.8) is 0 Å². The van der Waals surface area contributed by atoms with Gasteiger partial charge in [-0.3, -0.25) is 0 Å². The third-order valence-electron chi connectivity index (χ3n) is 4.68. The van der Waals surface area contributed by atoms with Crippen LogP contribution in [0.4, 0.5) is 0 Å². The van der Waals surface area contributed by atoms with E-state index in [9.17, 15) is 0 Å². The van der Waals surface area contributed by atoms with Crippen LogP contribution in [0.15, 0.2) is 0 Å². The maximum atomic E-state index is 3.80. The van der Waals surface area contributed by atoms with Gasteiger partial charge in [0.15, 0.2) is 0 Å². The highest BCUT2D eigenvalue weighted by atomic mass is 15.2. The molecule has 0 bridgehead atoms. The summed E-state index contributed by atoms with van der Waals surface area (Å²) in [5.74, 6) is 0.924. The maximum absolute atomic E-state index is 3.80.